The number of amides is 1. The molecule has 146 valence electrons. The fourth-order valence-electron chi connectivity index (χ4n) is 3.10. The van der Waals surface area contributed by atoms with Crippen LogP contribution in [0.3, 0.4) is 0 Å². The first-order chi connectivity index (χ1) is 12.4. The van der Waals surface area contributed by atoms with Gasteiger partial charge in [-0.2, -0.15) is 4.79 Å². The lowest BCUT2D eigenvalue weighted by Crippen LogP contribution is -2.49. The fourth-order valence-corrected chi connectivity index (χ4v) is 3.10. The minimum Gasteiger partial charge on any atom is -0.461 e. The number of carbonyl (C=O) groups is 3. The predicted octanol–water partition coefficient (Wildman–Crippen LogP) is 1.67. The number of ether oxygens (including phenoxy) is 2. The van der Waals surface area contributed by atoms with Crippen LogP contribution in [0.4, 0.5) is 0 Å². The number of Topliss-reactive ketones (excluding diaryl/α,β-unsaturated/α-hetero) is 1. The van der Waals surface area contributed by atoms with Gasteiger partial charge >= 0.3 is 12.2 Å². The van der Waals surface area contributed by atoms with Gasteiger partial charge in [-0.05, 0) is 46.0 Å². The summed E-state index contributed by atoms with van der Waals surface area (Å²) in [6.45, 7) is 5.65. The molecule has 0 aliphatic heterocycles. The highest BCUT2D eigenvalue weighted by Gasteiger charge is 2.34. The molecule has 1 fully saturated rings. The first kappa shape index (κ1) is 22.0. The lowest BCUT2D eigenvalue weighted by Gasteiger charge is -2.25. The number of hydrogen-bond donors (Lipinski definition) is 1. The van der Waals surface area contributed by atoms with Crippen molar-refractivity contribution in [3.8, 4) is 0 Å². The Morgan fingerprint density at radius 2 is 1.92 bits per heavy atom. The summed E-state index contributed by atoms with van der Waals surface area (Å²) < 4.78 is 10.8. The number of esters is 1. The first-order valence-corrected chi connectivity index (χ1v) is 9.21. The molecular weight excluding hydrogens is 338 g/mol. The molecule has 0 aromatic carbocycles. The summed E-state index contributed by atoms with van der Waals surface area (Å²) in [4.78, 5) is 39.2. The van der Waals surface area contributed by atoms with E-state index in [0.29, 0.717) is 6.61 Å². The van der Waals surface area contributed by atoms with Crippen molar-refractivity contribution in [2.45, 2.75) is 77.5 Å². The van der Waals surface area contributed by atoms with E-state index in [9.17, 15) is 14.4 Å². The van der Waals surface area contributed by atoms with Crippen molar-refractivity contribution < 1.29 is 28.6 Å². The second-order valence-electron chi connectivity index (χ2n) is 6.72. The number of nitrogens with one attached hydrogen (secondary N) is 1. The van der Waals surface area contributed by atoms with Gasteiger partial charge in [-0.15, -0.1) is 0 Å². The molecule has 0 heterocycles. The molecule has 0 radical (unpaired) electrons. The number of hydrogen-bond acceptors (Lipinski definition) is 5. The van der Waals surface area contributed by atoms with E-state index in [4.69, 9.17) is 15.0 Å². The summed E-state index contributed by atoms with van der Waals surface area (Å²) >= 11 is 0. The molecule has 26 heavy (non-hydrogen) atoms. The lowest BCUT2D eigenvalue weighted by atomic mass is 9.99. The van der Waals surface area contributed by atoms with Crippen LogP contribution < -0.4 is 5.32 Å². The van der Waals surface area contributed by atoms with Crippen LogP contribution in [0.5, 0.6) is 0 Å². The molecule has 8 heteroatoms. The third-order valence-corrected chi connectivity index (χ3v) is 4.27. The van der Waals surface area contributed by atoms with Crippen LogP contribution in [0.15, 0.2) is 0 Å². The third-order valence-electron chi connectivity index (χ3n) is 4.27. The molecule has 8 nitrogen and oxygen atoms in total. The van der Waals surface area contributed by atoms with E-state index < -0.39 is 23.9 Å². The van der Waals surface area contributed by atoms with E-state index in [1.54, 1.807) is 13.8 Å². The summed E-state index contributed by atoms with van der Waals surface area (Å²) in [5.74, 6) is -1.25. The summed E-state index contributed by atoms with van der Waals surface area (Å²) in [6, 6.07) is -0.953. The van der Waals surface area contributed by atoms with Crippen molar-refractivity contribution in [1.82, 2.24) is 5.32 Å². The lowest BCUT2D eigenvalue weighted by molar-refractivity contribution is -0.153. The van der Waals surface area contributed by atoms with E-state index in [-0.39, 0.29) is 30.8 Å². The largest absolute Gasteiger partial charge is 0.461 e. The minimum atomic E-state index is -0.953. The molecule has 0 bridgehead atoms. The van der Waals surface area contributed by atoms with Crippen LogP contribution in [0.2, 0.25) is 0 Å². The molecule has 0 saturated heterocycles. The van der Waals surface area contributed by atoms with E-state index in [1.807, 2.05) is 6.92 Å². The molecule has 0 aromatic heterocycles. The Hall–Kier alpha value is -2.05. The van der Waals surface area contributed by atoms with E-state index >= 15 is 0 Å². The van der Waals surface area contributed by atoms with Gasteiger partial charge in [-0.3, -0.25) is 9.59 Å². The monoisotopic (exact) mass is 367 g/mol. The average molecular weight is 367 g/mol. The molecule has 1 saturated carbocycles. The van der Waals surface area contributed by atoms with Crippen molar-refractivity contribution in [2.75, 3.05) is 6.61 Å². The average Bonchev–Trinajstić information content (AvgIpc) is 3.09. The second kappa shape index (κ2) is 11.5. The minimum absolute atomic E-state index is 0.0507. The van der Waals surface area contributed by atoms with Crippen molar-refractivity contribution in [2.24, 2.45) is 5.92 Å². The van der Waals surface area contributed by atoms with Crippen LogP contribution in [0.25, 0.3) is 5.53 Å². The maximum Gasteiger partial charge on any atom is 0.328 e. The maximum absolute atomic E-state index is 12.7. The molecule has 2 atom stereocenters. The van der Waals surface area contributed by atoms with Gasteiger partial charge in [0.05, 0.1) is 6.10 Å². The van der Waals surface area contributed by atoms with Gasteiger partial charge in [-0.25, -0.2) is 4.79 Å². The SMILES string of the molecule is CCO[C@H](C(=O)N[C@@H](CCC(=O)C=[N+]=[N-])C(=O)OC(C)C)C1CCCC1. The summed E-state index contributed by atoms with van der Waals surface area (Å²) in [7, 11) is 0. The normalized spacial score (nSPS) is 16.6. The third kappa shape index (κ3) is 7.45. The Bertz CT molecular complexity index is 537. The molecule has 0 spiro atoms. The maximum atomic E-state index is 12.7. The zero-order valence-electron chi connectivity index (χ0n) is 15.8. The molecule has 0 aromatic rings. The Balaban J connectivity index is 2.79. The van der Waals surface area contributed by atoms with E-state index in [0.717, 1.165) is 31.9 Å². The highest BCUT2D eigenvalue weighted by Crippen LogP contribution is 2.29. The molecule has 1 rings (SSSR count). The van der Waals surface area contributed by atoms with Gasteiger partial charge in [0.1, 0.15) is 12.1 Å². The van der Waals surface area contributed by atoms with Crippen LogP contribution in [-0.2, 0) is 23.9 Å². The van der Waals surface area contributed by atoms with Gasteiger partial charge in [0, 0.05) is 13.0 Å². The number of ketones is 1. The van der Waals surface area contributed by atoms with Crippen molar-refractivity contribution in [3.05, 3.63) is 5.53 Å². The van der Waals surface area contributed by atoms with Crippen molar-refractivity contribution in [1.29, 1.82) is 0 Å². The molecule has 1 amide bonds. The summed E-state index contributed by atoms with van der Waals surface area (Å²) in [5, 5.41) is 2.68. The van der Waals surface area contributed by atoms with Gasteiger partial charge < -0.3 is 20.3 Å². The fraction of sp³-hybridized carbons (Fsp3) is 0.778. The summed E-state index contributed by atoms with van der Waals surface area (Å²) in [6.07, 6.45) is 3.81. The standard InChI is InChI=1S/C18H29N3O5/c1-4-25-16(13-7-5-6-8-13)17(23)21-15(18(24)26-12(2)3)10-9-14(22)11-20-19/h11-13,15-16H,4-10H2,1-3H3,(H,21,23)/t15-,16-/m0/s1. The first-order valence-electron chi connectivity index (χ1n) is 9.21. The number of nitrogens with zero attached hydrogens (tertiary/aromatic N) is 2. The Morgan fingerprint density at radius 1 is 1.27 bits per heavy atom. The number of rotatable bonds is 11. The topological polar surface area (TPSA) is 118 Å². The Morgan fingerprint density at radius 3 is 2.46 bits per heavy atom. The van der Waals surface area contributed by atoms with Crippen LogP contribution >= 0.6 is 0 Å². The molecule has 1 aliphatic rings. The molecule has 0 unspecified atom stereocenters. The molecular formula is C18H29N3O5. The van der Waals surface area contributed by atoms with Crippen LogP contribution in [-0.4, -0.2) is 53.5 Å². The highest BCUT2D eigenvalue weighted by atomic mass is 16.5. The van der Waals surface area contributed by atoms with Crippen LogP contribution in [0.1, 0.15) is 59.3 Å². The highest BCUT2D eigenvalue weighted by molar-refractivity contribution is 6.25. The van der Waals surface area contributed by atoms with Crippen molar-refractivity contribution in [3.63, 3.8) is 0 Å². The zero-order valence-corrected chi connectivity index (χ0v) is 15.8. The van der Waals surface area contributed by atoms with Gasteiger partial charge in [0.25, 0.3) is 0 Å². The smallest absolute Gasteiger partial charge is 0.328 e. The quantitative estimate of drug-likeness (QED) is 0.258. The predicted molar refractivity (Wildman–Crippen MR) is 94.5 cm³/mol. The van der Waals surface area contributed by atoms with Gasteiger partial charge in [0.15, 0.2) is 0 Å². The Labute approximate surface area is 154 Å². The van der Waals surface area contributed by atoms with E-state index in [2.05, 4.69) is 10.1 Å². The Kier molecular flexibility index (Phi) is 9.76. The molecule has 1 N–H and O–H groups in total. The van der Waals surface area contributed by atoms with Crippen molar-refractivity contribution >= 4 is 23.9 Å². The van der Waals surface area contributed by atoms with Gasteiger partial charge in [-0.1, -0.05) is 12.8 Å². The second-order valence-corrected chi connectivity index (χ2v) is 6.72. The van der Waals surface area contributed by atoms with E-state index in [1.165, 1.54) is 0 Å². The summed E-state index contributed by atoms with van der Waals surface area (Å²) in [5.41, 5.74) is 8.40. The zero-order chi connectivity index (χ0) is 19.5. The van der Waals surface area contributed by atoms with Gasteiger partial charge in [0.2, 0.25) is 11.7 Å². The van der Waals surface area contributed by atoms with Crippen LogP contribution in [0, 0.1) is 5.92 Å². The number of carbonyl (C=O) groups excluding carboxylic acids is 3. The molecule has 1 aliphatic carbocycles.